The van der Waals surface area contributed by atoms with E-state index in [0.717, 1.165) is 42.2 Å². The molecule has 1 aliphatic rings. The van der Waals surface area contributed by atoms with E-state index < -0.39 is 0 Å². The summed E-state index contributed by atoms with van der Waals surface area (Å²) in [6.07, 6.45) is 0. The molecule has 0 spiro atoms. The van der Waals surface area contributed by atoms with Crippen molar-refractivity contribution in [3.63, 3.8) is 0 Å². The second-order valence-electron chi connectivity index (χ2n) is 4.43. The minimum atomic E-state index is 0.722. The van der Waals surface area contributed by atoms with Crippen molar-refractivity contribution >= 4 is 18.2 Å². The van der Waals surface area contributed by atoms with Gasteiger partial charge in [0.1, 0.15) is 0 Å². The molecule has 84 valence electrons. The quantitative estimate of drug-likeness (QED) is 0.784. The molecule has 0 amide bonds. The highest BCUT2D eigenvalue weighted by molar-refractivity contribution is 7.71. The third-order valence-corrected chi connectivity index (χ3v) is 3.64. The van der Waals surface area contributed by atoms with Crippen LogP contribution in [0.1, 0.15) is 20.8 Å². The number of aromatic nitrogens is 3. The van der Waals surface area contributed by atoms with Gasteiger partial charge in [0.05, 0.1) is 0 Å². The van der Waals surface area contributed by atoms with E-state index >= 15 is 0 Å². The van der Waals surface area contributed by atoms with Crippen molar-refractivity contribution < 1.29 is 0 Å². The number of hydrogen-bond acceptors (Lipinski definition) is 3. The Hall–Kier alpha value is -0.840. The molecule has 1 aromatic rings. The normalized spacial score (nSPS) is 26.2. The molecule has 2 atom stereocenters. The summed E-state index contributed by atoms with van der Waals surface area (Å²) in [7, 11) is 0. The smallest absolute Gasteiger partial charge is 0.225 e. The fourth-order valence-electron chi connectivity index (χ4n) is 2.13. The van der Waals surface area contributed by atoms with Gasteiger partial charge in [-0.05, 0) is 31.0 Å². The number of nitrogens with zero attached hydrogens (tertiary/aromatic N) is 3. The van der Waals surface area contributed by atoms with E-state index in [1.165, 1.54) is 0 Å². The third kappa shape index (κ3) is 1.80. The van der Waals surface area contributed by atoms with Crippen LogP contribution in [-0.2, 0) is 6.54 Å². The summed E-state index contributed by atoms with van der Waals surface area (Å²) in [4.78, 5) is 2.32. The average molecular weight is 226 g/mol. The number of aromatic amines is 1. The Morgan fingerprint density at radius 2 is 2.00 bits per heavy atom. The maximum absolute atomic E-state index is 5.18. The van der Waals surface area contributed by atoms with Gasteiger partial charge in [-0.25, -0.2) is 5.10 Å². The fourth-order valence-corrected chi connectivity index (χ4v) is 2.39. The molecule has 0 aromatic carbocycles. The van der Waals surface area contributed by atoms with E-state index in [1.54, 1.807) is 0 Å². The summed E-state index contributed by atoms with van der Waals surface area (Å²) in [6.45, 7) is 9.73. The largest absolute Gasteiger partial charge is 0.340 e. The van der Waals surface area contributed by atoms with Gasteiger partial charge in [0.2, 0.25) is 5.95 Å². The molecule has 1 fully saturated rings. The van der Waals surface area contributed by atoms with Crippen molar-refractivity contribution in [2.45, 2.75) is 27.3 Å². The summed E-state index contributed by atoms with van der Waals surface area (Å²) in [5, 5.41) is 7.18. The SMILES string of the molecule is CCn1c(N2CC(C)C(C)C2)n[nH]c1=S. The average Bonchev–Trinajstić information content (AvgIpc) is 2.71. The van der Waals surface area contributed by atoms with Crippen molar-refractivity contribution in [2.24, 2.45) is 11.8 Å². The Kier molecular flexibility index (Phi) is 2.82. The molecule has 15 heavy (non-hydrogen) atoms. The van der Waals surface area contributed by atoms with Crippen LogP contribution in [-0.4, -0.2) is 27.9 Å². The predicted octanol–water partition coefficient (Wildman–Crippen LogP) is 2.05. The number of hydrogen-bond donors (Lipinski definition) is 1. The monoisotopic (exact) mass is 226 g/mol. The molecule has 1 aliphatic heterocycles. The first-order valence-corrected chi connectivity index (χ1v) is 5.94. The lowest BCUT2D eigenvalue weighted by Crippen LogP contribution is -2.23. The van der Waals surface area contributed by atoms with E-state index in [4.69, 9.17) is 12.2 Å². The highest BCUT2D eigenvalue weighted by Crippen LogP contribution is 2.26. The predicted molar refractivity (Wildman–Crippen MR) is 63.6 cm³/mol. The summed E-state index contributed by atoms with van der Waals surface area (Å²) < 4.78 is 2.78. The first kappa shape index (κ1) is 10.7. The van der Waals surface area contributed by atoms with Crippen molar-refractivity contribution in [3.05, 3.63) is 4.77 Å². The van der Waals surface area contributed by atoms with E-state index in [9.17, 15) is 0 Å². The number of H-pyrrole nitrogens is 1. The highest BCUT2D eigenvalue weighted by Gasteiger charge is 2.28. The lowest BCUT2D eigenvalue weighted by molar-refractivity contribution is 0.494. The minimum Gasteiger partial charge on any atom is -0.340 e. The minimum absolute atomic E-state index is 0.722. The summed E-state index contributed by atoms with van der Waals surface area (Å²) in [6, 6.07) is 0. The van der Waals surface area contributed by atoms with E-state index in [2.05, 4.69) is 40.4 Å². The molecule has 0 aliphatic carbocycles. The van der Waals surface area contributed by atoms with E-state index in [1.807, 2.05) is 0 Å². The van der Waals surface area contributed by atoms with Gasteiger partial charge in [0, 0.05) is 19.6 Å². The summed E-state index contributed by atoms with van der Waals surface area (Å²) in [5.74, 6) is 2.47. The van der Waals surface area contributed by atoms with Crippen molar-refractivity contribution in [2.75, 3.05) is 18.0 Å². The standard InChI is InChI=1S/C10H18N4S/c1-4-14-9(11-12-10(14)15)13-5-7(2)8(3)6-13/h7-8H,4-6H2,1-3H3,(H,12,15). The molecular formula is C10H18N4S. The molecule has 2 heterocycles. The molecule has 4 nitrogen and oxygen atoms in total. The van der Waals surface area contributed by atoms with E-state index in [-0.39, 0.29) is 0 Å². The number of anilines is 1. The summed E-state index contributed by atoms with van der Waals surface area (Å²) in [5.41, 5.74) is 0. The van der Waals surface area contributed by atoms with Crippen LogP contribution < -0.4 is 4.90 Å². The number of rotatable bonds is 2. The molecule has 1 N–H and O–H groups in total. The van der Waals surface area contributed by atoms with Crippen LogP contribution >= 0.6 is 12.2 Å². The topological polar surface area (TPSA) is 36.9 Å². The second-order valence-corrected chi connectivity index (χ2v) is 4.82. The molecule has 5 heteroatoms. The third-order valence-electron chi connectivity index (χ3n) is 3.33. The lowest BCUT2D eigenvalue weighted by atomic mass is 10.0. The van der Waals surface area contributed by atoms with Crippen LogP contribution in [0.2, 0.25) is 0 Å². The van der Waals surface area contributed by atoms with Gasteiger partial charge >= 0.3 is 0 Å². The van der Waals surface area contributed by atoms with Crippen molar-refractivity contribution in [1.29, 1.82) is 0 Å². The first-order valence-electron chi connectivity index (χ1n) is 5.53. The summed E-state index contributed by atoms with van der Waals surface area (Å²) >= 11 is 5.18. The van der Waals surface area contributed by atoms with Gasteiger partial charge in [0.25, 0.3) is 0 Å². The van der Waals surface area contributed by atoms with Gasteiger partial charge in [0.15, 0.2) is 4.77 Å². The fraction of sp³-hybridized carbons (Fsp3) is 0.800. The van der Waals surface area contributed by atoms with Crippen LogP contribution in [0.3, 0.4) is 0 Å². The second kappa shape index (κ2) is 3.96. The Morgan fingerprint density at radius 3 is 2.53 bits per heavy atom. The van der Waals surface area contributed by atoms with Gasteiger partial charge in [-0.2, -0.15) is 0 Å². The Bertz CT molecular complexity index is 384. The molecule has 2 rings (SSSR count). The number of nitrogens with one attached hydrogen (secondary N) is 1. The van der Waals surface area contributed by atoms with Crippen molar-refractivity contribution in [3.8, 4) is 0 Å². The molecule has 0 saturated carbocycles. The van der Waals surface area contributed by atoms with Crippen LogP contribution in [0.4, 0.5) is 5.95 Å². The van der Waals surface area contributed by atoms with Gasteiger partial charge < -0.3 is 4.90 Å². The molecule has 1 aromatic heterocycles. The maximum atomic E-state index is 5.18. The molecule has 0 radical (unpaired) electrons. The van der Waals surface area contributed by atoms with Crippen LogP contribution in [0.15, 0.2) is 0 Å². The zero-order valence-corrected chi connectivity index (χ0v) is 10.3. The zero-order chi connectivity index (χ0) is 11.0. The van der Waals surface area contributed by atoms with Gasteiger partial charge in [-0.3, -0.25) is 4.57 Å². The zero-order valence-electron chi connectivity index (χ0n) is 9.53. The maximum Gasteiger partial charge on any atom is 0.225 e. The van der Waals surface area contributed by atoms with Gasteiger partial charge in [-0.15, -0.1) is 5.10 Å². The van der Waals surface area contributed by atoms with Crippen molar-refractivity contribution in [1.82, 2.24) is 14.8 Å². The highest BCUT2D eigenvalue weighted by atomic mass is 32.1. The Balaban J connectivity index is 2.27. The van der Waals surface area contributed by atoms with Crippen LogP contribution in [0.5, 0.6) is 0 Å². The molecule has 1 saturated heterocycles. The lowest BCUT2D eigenvalue weighted by Gasteiger charge is -2.16. The molecule has 0 bridgehead atoms. The molecule has 2 unspecified atom stereocenters. The van der Waals surface area contributed by atoms with Crippen LogP contribution in [0, 0.1) is 16.6 Å². The first-order chi connectivity index (χ1) is 7.13. The van der Waals surface area contributed by atoms with Crippen LogP contribution in [0.25, 0.3) is 0 Å². The van der Waals surface area contributed by atoms with Gasteiger partial charge in [-0.1, -0.05) is 13.8 Å². The Morgan fingerprint density at radius 1 is 1.40 bits per heavy atom. The molecular weight excluding hydrogens is 208 g/mol. The van der Waals surface area contributed by atoms with E-state index in [0.29, 0.717) is 0 Å². The Labute approximate surface area is 95.3 Å².